The Kier molecular flexibility index (Phi) is 3.09. The monoisotopic (exact) mass is 190 g/mol. The fourth-order valence-electron chi connectivity index (χ4n) is 0.677. The highest BCUT2D eigenvalue weighted by atomic mass is 19.4. The smallest absolute Gasteiger partial charge is 0.196 e. The van der Waals surface area contributed by atoms with Crippen LogP contribution in [0.2, 0.25) is 0 Å². The summed E-state index contributed by atoms with van der Waals surface area (Å²) in [6.07, 6.45) is -5.43. The number of hydrogen-bond acceptors (Lipinski definition) is 0. The molecule has 0 fully saturated rings. The van der Waals surface area contributed by atoms with Gasteiger partial charge in [0, 0.05) is 5.92 Å². The van der Waals surface area contributed by atoms with Gasteiger partial charge in [-0.3, -0.25) is 0 Å². The van der Waals surface area contributed by atoms with Crippen LogP contribution in [0.15, 0.2) is 0 Å². The minimum Gasteiger partial charge on any atom is -0.196 e. The van der Waals surface area contributed by atoms with Gasteiger partial charge in [-0.1, -0.05) is 20.8 Å². The van der Waals surface area contributed by atoms with Gasteiger partial charge in [-0.25, -0.2) is 0 Å². The van der Waals surface area contributed by atoms with E-state index in [1.54, 1.807) is 0 Å². The summed E-state index contributed by atoms with van der Waals surface area (Å²) < 4.78 is 60.0. The van der Waals surface area contributed by atoms with E-state index in [1.807, 2.05) is 0 Å². The summed E-state index contributed by atoms with van der Waals surface area (Å²) in [6.45, 7) is 3.58. The lowest BCUT2D eigenvalue weighted by atomic mass is 9.91. The molecule has 0 spiro atoms. The van der Waals surface area contributed by atoms with Crippen LogP contribution >= 0.6 is 0 Å². The molecule has 0 aromatic heterocycles. The lowest BCUT2D eigenvalue weighted by molar-refractivity contribution is -0.305. The first-order chi connectivity index (χ1) is 5.10. The second-order valence-corrected chi connectivity index (χ2v) is 3.15. The molecule has 0 saturated heterocycles. The van der Waals surface area contributed by atoms with Crippen molar-refractivity contribution in [3.63, 3.8) is 0 Å². The molecular weight excluding hydrogens is 179 g/mol. The quantitative estimate of drug-likeness (QED) is 0.585. The Balaban J connectivity index is 4.61. The van der Waals surface area contributed by atoms with Crippen LogP contribution in [0.5, 0.6) is 0 Å². The summed E-state index contributed by atoms with van der Waals surface area (Å²) in [5, 5.41) is 0. The molecule has 0 saturated carbocycles. The van der Waals surface area contributed by atoms with Crippen LogP contribution in [0.25, 0.3) is 0 Å². The molecule has 0 aromatic carbocycles. The summed E-state index contributed by atoms with van der Waals surface area (Å²) in [5.41, 5.74) is 0. The van der Waals surface area contributed by atoms with Gasteiger partial charge in [-0.2, -0.15) is 22.0 Å². The number of hydrogen-bond donors (Lipinski definition) is 0. The molecule has 0 aliphatic carbocycles. The van der Waals surface area contributed by atoms with Crippen molar-refractivity contribution in [2.75, 3.05) is 0 Å². The third-order valence-electron chi connectivity index (χ3n) is 1.95. The van der Waals surface area contributed by atoms with Gasteiger partial charge in [0.1, 0.15) is 0 Å². The van der Waals surface area contributed by atoms with Crippen molar-refractivity contribution in [3.05, 3.63) is 0 Å². The largest absolute Gasteiger partial charge is 0.453 e. The lowest BCUT2D eigenvalue weighted by Crippen LogP contribution is -2.44. The first-order valence-electron chi connectivity index (χ1n) is 3.55. The molecule has 12 heavy (non-hydrogen) atoms. The maximum absolute atomic E-state index is 12.4. The van der Waals surface area contributed by atoms with Gasteiger partial charge in [-0.15, -0.1) is 0 Å². The summed E-state index contributed by atoms with van der Waals surface area (Å²) in [4.78, 5) is 0. The predicted octanol–water partition coefficient (Wildman–Crippen LogP) is 3.48. The Morgan fingerprint density at radius 1 is 0.833 bits per heavy atom. The van der Waals surface area contributed by atoms with Crippen LogP contribution in [0.4, 0.5) is 22.0 Å². The molecule has 0 aromatic rings. The summed E-state index contributed by atoms with van der Waals surface area (Å²) in [5.74, 6) is -6.96. The van der Waals surface area contributed by atoms with E-state index in [9.17, 15) is 22.0 Å². The van der Waals surface area contributed by atoms with Gasteiger partial charge in [-0.05, 0) is 5.92 Å². The minimum absolute atomic E-state index is 0.693. The van der Waals surface area contributed by atoms with Crippen LogP contribution in [0.1, 0.15) is 20.8 Å². The fraction of sp³-hybridized carbons (Fsp3) is 1.00. The molecular formula is C7H11F5. The number of rotatable bonds is 2. The van der Waals surface area contributed by atoms with Gasteiger partial charge in [0.05, 0.1) is 0 Å². The van der Waals surface area contributed by atoms with Crippen LogP contribution in [0.3, 0.4) is 0 Å². The SMILES string of the molecule is CC(C)C(C)C(F)(F)C(F)(F)F. The van der Waals surface area contributed by atoms with Crippen molar-refractivity contribution in [1.82, 2.24) is 0 Å². The topological polar surface area (TPSA) is 0 Å². The lowest BCUT2D eigenvalue weighted by Gasteiger charge is -2.28. The van der Waals surface area contributed by atoms with Gasteiger partial charge >= 0.3 is 12.1 Å². The third-order valence-corrected chi connectivity index (χ3v) is 1.95. The van der Waals surface area contributed by atoms with Crippen molar-refractivity contribution in [3.8, 4) is 0 Å². The first kappa shape index (κ1) is 11.6. The molecule has 0 aliphatic heterocycles. The van der Waals surface area contributed by atoms with Crippen molar-refractivity contribution < 1.29 is 22.0 Å². The van der Waals surface area contributed by atoms with Crippen molar-refractivity contribution in [1.29, 1.82) is 0 Å². The first-order valence-corrected chi connectivity index (χ1v) is 3.55. The molecule has 74 valence electrons. The van der Waals surface area contributed by atoms with Gasteiger partial charge in [0.25, 0.3) is 0 Å². The van der Waals surface area contributed by atoms with E-state index in [0.717, 1.165) is 6.92 Å². The zero-order valence-corrected chi connectivity index (χ0v) is 7.04. The highest BCUT2D eigenvalue weighted by Gasteiger charge is 2.61. The zero-order chi connectivity index (χ0) is 10.2. The summed E-state index contributed by atoms with van der Waals surface area (Å²) >= 11 is 0. The second-order valence-electron chi connectivity index (χ2n) is 3.15. The predicted molar refractivity (Wildman–Crippen MR) is 35.0 cm³/mol. The van der Waals surface area contributed by atoms with E-state index in [1.165, 1.54) is 13.8 Å². The highest BCUT2D eigenvalue weighted by molar-refractivity contribution is 4.83. The van der Waals surface area contributed by atoms with Crippen LogP contribution in [0, 0.1) is 11.8 Å². The molecule has 0 amide bonds. The summed E-state index contributed by atoms with van der Waals surface area (Å²) in [6, 6.07) is 0. The molecule has 0 radical (unpaired) electrons. The van der Waals surface area contributed by atoms with Gasteiger partial charge in [0.2, 0.25) is 0 Å². The van der Waals surface area contributed by atoms with E-state index in [4.69, 9.17) is 0 Å². The van der Waals surface area contributed by atoms with Crippen molar-refractivity contribution in [2.45, 2.75) is 32.9 Å². The van der Waals surface area contributed by atoms with Crippen LogP contribution < -0.4 is 0 Å². The maximum atomic E-state index is 12.4. The summed E-state index contributed by atoms with van der Waals surface area (Å²) in [7, 11) is 0. The molecule has 0 N–H and O–H groups in total. The Hall–Kier alpha value is -0.350. The maximum Gasteiger partial charge on any atom is 0.453 e. The van der Waals surface area contributed by atoms with E-state index in [0.29, 0.717) is 0 Å². The molecule has 0 bridgehead atoms. The van der Waals surface area contributed by atoms with Crippen LogP contribution in [-0.4, -0.2) is 12.1 Å². The Bertz CT molecular complexity index is 146. The van der Waals surface area contributed by atoms with E-state index in [-0.39, 0.29) is 0 Å². The Labute approximate surface area is 67.8 Å². The number of halogens is 5. The van der Waals surface area contributed by atoms with Crippen LogP contribution in [-0.2, 0) is 0 Å². The second kappa shape index (κ2) is 3.18. The molecule has 5 heteroatoms. The third kappa shape index (κ3) is 2.08. The zero-order valence-electron chi connectivity index (χ0n) is 7.04. The van der Waals surface area contributed by atoms with Gasteiger partial charge in [0.15, 0.2) is 0 Å². The van der Waals surface area contributed by atoms with Crippen molar-refractivity contribution >= 4 is 0 Å². The van der Waals surface area contributed by atoms with E-state index >= 15 is 0 Å². The highest BCUT2D eigenvalue weighted by Crippen LogP contribution is 2.43. The average Bonchev–Trinajstić information content (AvgIpc) is 1.83. The number of alkyl halides is 5. The minimum atomic E-state index is -5.43. The molecule has 0 nitrogen and oxygen atoms in total. The van der Waals surface area contributed by atoms with Gasteiger partial charge < -0.3 is 0 Å². The standard InChI is InChI=1S/C7H11F5/c1-4(2)5(3)6(8,9)7(10,11)12/h4-5H,1-3H3. The fourth-order valence-corrected chi connectivity index (χ4v) is 0.677. The molecule has 1 unspecified atom stereocenters. The average molecular weight is 190 g/mol. The molecule has 0 aliphatic rings. The van der Waals surface area contributed by atoms with E-state index in [2.05, 4.69) is 0 Å². The van der Waals surface area contributed by atoms with Crippen molar-refractivity contribution in [2.24, 2.45) is 11.8 Å². The molecule has 0 heterocycles. The molecule has 1 atom stereocenters. The van der Waals surface area contributed by atoms with E-state index < -0.39 is 23.9 Å². The molecule has 0 rings (SSSR count). The normalized spacial score (nSPS) is 16.8. The Morgan fingerprint density at radius 2 is 1.17 bits per heavy atom. The Morgan fingerprint density at radius 3 is 1.25 bits per heavy atom.